The first-order chi connectivity index (χ1) is 16.2. The van der Waals surface area contributed by atoms with Gasteiger partial charge in [-0.2, -0.15) is 0 Å². The van der Waals surface area contributed by atoms with Crippen LogP contribution in [0.15, 0.2) is 48.5 Å². The van der Waals surface area contributed by atoms with E-state index in [9.17, 15) is 9.59 Å². The van der Waals surface area contributed by atoms with Gasteiger partial charge in [-0.15, -0.1) is 0 Å². The lowest BCUT2D eigenvalue weighted by Crippen LogP contribution is -2.48. The predicted molar refractivity (Wildman–Crippen MR) is 135 cm³/mol. The number of likely N-dealkylation sites (tertiary alicyclic amines) is 1. The molecule has 1 aliphatic heterocycles. The Morgan fingerprint density at radius 3 is 2.62 bits per heavy atom. The smallest absolute Gasteiger partial charge is 0.263 e. The topological polar surface area (TPSA) is 62.7 Å². The number of hydrogen-bond acceptors (Lipinski definition) is 4. The molecule has 1 saturated heterocycles. The molecule has 2 atom stereocenters. The molecule has 0 radical (unpaired) electrons. The van der Waals surface area contributed by atoms with Crippen LogP contribution in [0.25, 0.3) is 22.0 Å². The van der Waals surface area contributed by atoms with E-state index in [2.05, 4.69) is 4.98 Å². The largest absolute Gasteiger partial charge is 0.481 e. The molecule has 1 aliphatic rings. The summed E-state index contributed by atoms with van der Waals surface area (Å²) in [7, 11) is 3.48. The van der Waals surface area contributed by atoms with Crippen molar-refractivity contribution < 1.29 is 14.3 Å². The van der Waals surface area contributed by atoms with Crippen LogP contribution in [-0.2, 0) is 9.59 Å². The number of carbonyl (C=O) groups is 2. The van der Waals surface area contributed by atoms with E-state index in [1.54, 1.807) is 43.0 Å². The zero-order valence-electron chi connectivity index (χ0n) is 19.4. The van der Waals surface area contributed by atoms with Crippen molar-refractivity contribution in [3.8, 4) is 16.9 Å². The monoisotopic (exact) mass is 499 g/mol. The van der Waals surface area contributed by atoms with Gasteiger partial charge in [0.15, 0.2) is 6.10 Å². The number of rotatable bonds is 5. The number of carbonyl (C=O) groups excluding carboxylic acids is 2. The third kappa shape index (κ3) is 5.13. The molecule has 8 heteroatoms. The molecule has 0 N–H and O–H groups in total. The van der Waals surface area contributed by atoms with Gasteiger partial charge in [-0.25, -0.2) is 4.98 Å². The maximum Gasteiger partial charge on any atom is 0.263 e. The summed E-state index contributed by atoms with van der Waals surface area (Å²) in [4.78, 5) is 33.2. The zero-order valence-corrected chi connectivity index (χ0v) is 20.9. The molecular formula is C26H27Cl2N3O3. The van der Waals surface area contributed by atoms with Crippen LogP contribution in [0.3, 0.4) is 0 Å². The Labute approximate surface area is 209 Å². The number of nitrogens with zero attached hydrogens (tertiary/aromatic N) is 3. The SMILES string of the molecule is CC(Oc1ccc2c(-c3ccccc3Cl)cc(Cl)nc2c1)C(=O)N1CCC[C@H](C(=O)N(C)C)C1. The van der Waals surface area contributed by atoms with Gasteiger partial charge in [0.2, 0.25) is 5.91 Å². The standard InChI is InChI=1S/C26H27Cl2N3O3/c1-16(25(32)31-12-6-7-17(15-31)26(33)30(2)3)34-18-10-11-20-21(14-24(28)29-23(20)13-18)19-8-4-5-9-22(19)27/h4-5,8-11,13-14,16-17H,6-7,12,15H2,1-3H3/t16?,17-/m0/s1. The van der Waals surface area contributed by atoms with Crippen LogP contribution in [0.4, 0.5) is 0 Å². The average Bonchev–Trinajstić information content (AvgIpc) is 2.82. The Morgan fingerprint density at radius 2 is 1.88 bits per heavy atom. The van der Waals surface area contributed by atoms with Gasteiger partial charge in [0, 0.05) is 49.2 Å². The van der Waals surface area contributed by atoms with E-state index in [1.165, 1.54) is 0 Å². The molecule has 2 aromatic carbocycles. The number of aromatic nitrogens is 1. The van der Waals surface area contributed by atoms with Crippen molar-refractivity contribution in [3.63, 3.8) is 0 Å². The van der Waals surface area contributed by atoms with Gasteiger partial charge in [0.05, 0.1) is 11.4 Å². The summed E-state index contributed by atoms with van der Waals surface area (Å²) in [6, 6.07) is 14.8. The minimum atomic E-state index is -0.701. The number of halogens is 2. The molecule has 1 unspecified atom stereocenters. The summed E-state index contributed by atoms with van der Waals surface area (Å²) < 4.78 is 5.99. The van der Waals surface area contributed by atoms with Gasteiger partial charge in [0.25, 0.3) is 5.91 Å². The van der Waals surface area contributed by atoms with Crippen LogP contribution in [0.5, 0.6) is 5.75 Å². The Kier molecular flexibility index (Phi) is 7.29. The number of benzene rings is 2. The third-order valence-electron chi connectivity index (χ3n) is 6.10. The summed E-state index contributed by atoms with van der Waals surface area (Å²) in [5.74, 6) is 0.270. The van der Waals surface area contributed by atoms with Crippen molar-refractivity contribution in [1.29, 1.82) is 0 Å². The molecule has 1 fully saturated rings. The van der Waals surface area contributed by atoms with Crippen molar-refractivity contribution >= 4 is 45.9 Å². The van der Waals surface area contributed by atoms with Gasteiger partial charge in [-0.05, 0) is 49.6 Å². The van der Waals surface area contributed by atoms with Gasteiger partial charge >= 0.3 is 0 Å². The predicted octanol–water partition coefficient (Wildman–Crippen LogP) is 5.30. The van der Waals surface area contributed by atoms with Gasteiger partial charge in [0.1, 0.15) is 10.9 Å². The number of ether oxygens (including phenoxy) is 1. The van der Waals surface area contributed by atoms with E-state index in [0.717, 1.165) is 29.4 Å². The van der Waals surface area contributed by atoms with Crippen LogP contribution in [-0.4, -0.2) is 59.9 Å². The molecule has 2 amide bonds. The number of pyridine rings is 1. The normalized spacial score (nSPS) is 16.9. The second-order valence-corrected chi connectivity index (χ2v) is 9.56. The molecule has 0 saturated carbocycles. The Morgan fingerprint density at radius 1 is 1.12 bits per heavy atom. The van der Waals surface area contributed by atoms with E-state index in [4.69, 9.17) is 27.9 Å². The molecule has 34 heavy (non-hydrogen) atoms. The first-order valence-electron chi connectivity index (χ1n) is 11.3. The van der Waals surface area contributed by atoms with Crippen molar-refractivity contribution in [2.24, 2.45) is 5.92 Å². The Bertz CT molecular complexity index is 1230. The first kappa shape index (κ1) is 24.3. The molecule has 0 aliphatic carbocycles. The lowest BCUT2D eigenvalue weighted by Gasteiger charge is -2.34. The van der Waals surface area contributed by atoms with E-state index in [0.29, 0.717) is 34.5 Å². The van der Waals surface area contributed by atoms with Crippen molar-refractivity contribution in [3.05, 3.63) is 58.7 Å². The van der Waals surface area contributed by atoms with Crippen molar-refractivity contribution in [1.82, 2.24) is 14.8 Å². The molecule has 3 aromatic rings. The van der Waals surface area contributed by atoms with E-state index in [-0.39, 0.29) is 17.7 Å². The molecule has 4 rings (SSSR count). The van der Waals surface area contributed by atoms with Crippen LogP contribution < -0.4 is 4.74 Å². The molecule has 1 aromatic heterocycles. The average molecular weight is 500 g/mol. The minimum Gasteiger partial charge on any atom is -0.481 e. The Hall–Kier alpha value is -2.83. The van der Waals surface area contributed by atoms with E-state index >= 15 is 0 Å². The molecule has 2 heterocycles. The van der Waals surface area contributed by atoms with E-state index < -0.39 is 6.10 Å². The zero-order chi connectivity index (χ0) is 24.4. The number of piperidine rings is 1. The fourth-order valence-corrected chi connectivity index (χ4v) is 4.85. The van der Waals surface area contributed by atoms with Crippen molar-refractivity contribution in [2.45, 2.75) is 25.9 Å². The number of hydrogen-bond donors (Lipinski definition) is 0. The highest BCUT2D eigenvalue weighted by Gasteiger charge is 2.31. The van der Waals surface area contributed by atoms with Gasteiger partial charge in [-0.3, -0.25) is 9.59 Å². The Balaban J connectivity index is 1.54. The lowest BCUT2D eigenvalue weighted by molar-refractivity contribution is -0.143. The summed E-state index contributed by atoms with van der Waals surface area (Å²) in [5.41, 5.74) is 2.39. The molecule has 6 nitrogen and oxygen atoms in total. The highest BCUT2D eigenvalue weighted by atomic mass is 35.5. The molecule has 178 valence electrons. The van der Waals surface area contributed by atoms with Crippen LogP contribution in [0.1, 0.15) is 19.8 Å². The van der Waals surface area contributed by atoms with Crippen LogP contribution >= 0.6 is 23.2 Å². The summed E-state index contributed by atoms with van der Waals surface area (Å²) in [5, 5.41) is 1.84. The minimum absolute atomic E-state index is 0.0536. The van der Waals surface area contributed by atoms with Crippen LogP contribution in [0, 0.1) is 5.92 Å². The summed E-state index contributed by atoms with van der Waals surface area (Å²) in [6.07, 6.45) is 0.889. The third-order valence-corrected chi connectivity index (χ3v) is 6.62. The fourth-order valence-electron chi connectivity index (χ4n) is 4.41. The number of amides is 2. The molecular weight excluding hydrogens is 473 g/mol. The summed E-state index contributed by atoms with van der Waals surface area (Å²) >= 11 is 12.7. The quantitative estimate of drug-likeness (QED) is 0.446. The molecule has 0 bridgehead atoms. The summed E-state index contributed by atoms with van der Waals surface area (Å²) in [6.45, 7) is 2.77. The highest BCUT2D eigenvalue weighted by Crippen LogP contribution is 2.35. The second-order valence-electron chi connectivity index (χ2n) is 8.77. The van der Waals surface area contributed by atoms with E-state index in [1.807, 2.05) is 36.4 Å². The highest BCUT2D eigenvalue weighted by molar-refractivity contribution is 6.34. The maximum atomic E-state index is 13.1. The lowest BCUT2D eigenvalue weighted by atomic mass is 9.96. The number of fused-ring (bicyclic) bond motifs is 1. The maximum absolute atomic E-state index is 13.1. The first-order valence-corrected chi connectivity index (χ1v) is 12.0. The van der Waals surface area contributed by atoms with Gasteiger partial charge < -0.3 is 14.5 Å². The second kappa shape index (κ2) is 10.2. The van der Waals surface area contributed by atoms with Crippen molar-refractivity contribution in [2.75, 3.05) is 27.2 Å². The van der Waals surface area contributed by atoms with Gasteiger partial charge in [-0.1, -0.05) is 41.4 Å². The van der Waals surface area contributed by atoms with Crippen LogP contribution in [0.2, 0.25) is 10.2 Å². The fraction of sp³-hybridized carbons (Fsp3) is 0.346. The molecule has 0 spiro atoms.